The Labute approximate surface area is 129 Å². The fraction of sp³-hybridized carbons (Fsp3) is 0.667. The van der Waals surface area contributed by atoms with E-state index in [9.17, 15) is 0 Å². The minimum atomic E-state index is 0.390. The van der Waals surface area contributed by atoms with Gasteiger partial charge in [-0.2, -0.15) is 0 Å². The van der Waals surface area contributed by atoms with Crippen LogP contribution in [0.2, 0.25) is 0 Å². The normalized spacial score (nSPS) is 17.3. The van der Waals surface area contributed by atoms with Gasteiger partial charge in [-0.25, -0.2) is 0 Å². The molecule has 1 fully saturated rings. The molecule has 3 heteroatoms. The molecule has 1 unspecified atom stereocenters. The Bertz CT molecular complexity index is 398. The van der Waals surface area contributed by atoms with Gasteiger partial charge in [-0.3, -0.25) is 4.90 Å². The molecule has 0 aromatic heterocycles. The van der Waals surface area contributed by atoms with E-state index in [1.165, 1.54) is 31.2 Å². The van der Waals surface area contributed by atoms with Gasteiger partial charge in [0.2, 0.25) is 0 Å². The molecule has 1 aliphatic rings. The largest absolute Gasteiger partial charge is 0.494 e. The lowest BCUT2D eigenvalue weighted by Crippen LogP contribution is -2.39. The molecule has 1 aliphatic carbocycles. The van der Waals surface area contributed by atoms with Crippen molar-refractivity contribution >= 4 is 0 Å². The van der Waals surface area contributed by atoms with Gasteiger partial charge in [0, 0.05) is 18.6 Å². The molecule has 0 amide bonds. The van der Waals surface area contributed by atoms with Gasteiger partial charge in [0.25, 0.3) is 0 Å². The van der Waals surface area contributed by atoms with Crippen LogP contribution in [0.25, 0.3) is 0 Å². The predicted octanol–water partition coefficient (Wildman–Crippen LogP) is 3.61. The summed E-state index contributed by atoms with van der Waals surface area (Å²) in [6, 6.07) is 9.71. The highest BCUT2D eigenvalue weighted by molar-refractivity contribution is 5.29. The number of likely N-dealkylation sites (N-methyl/N-ethyl adjacent to an activating group) is 2. The zero-order chi connectivity index (χ0) is 15.1. The third kappa shape index (κ3) is 4.45. The molecule has 0 heterocycles. The van der Waals surface area contributed by atoms with Gasteiger partial charge in [0.1, 0.15) is 5.75 Å². The van der Waals surface area contributed by atoms with Crippen LogP contribution in [0.15, 0.2) is 24.3 Å². The maximum atomic E-state index is 5.53. The minimum absolute atomic E-state index is 0.390. The summed E-state index contributed by atoms with van der Waals surface area (Å²) < 4.78 is 5.53. The van der Waals surface area contributed by atoms with Crippen LogP contribution in [0, 0.1) is 0 Å². The molecule has 0 aliphatic heterocycles. The SMILES string of the molecule is CCOc1ccc(C(CN(CC)C2CCCC2)NC)cc1. The summed E-state index contributed by atoms with van der Waals surface area (Å²) in [5, 5.41) is 3.48. The number of benzene rings is 1. The van der Waals surface area contributed by atoms with Crippen LogP contribution in [0.5, 0.6) is 5.75 Å². The summed E-state index contributed by atoms with van der Waals surface area (Å²) >= 11 is 0. The summed E-state index contributed by atoms with van der Waals surface area (Å²) in [5.74, 6) is 0.958. The molecular formula is C18H30N2O. The lowest BCUT2D eigenvalue weighted by atomic mass is 10.0. The molecule has 118 valence electrons. The van der Waals surface area contributed by atoms with Crippen molar-refractivity contribution in [3.8, 4) is 5.75 Å². The summed E-state index contributed by atoms with van der Waals surface area (Å²) in [6.45, 7) is 7.25. The summed E-state index contributed by atoms with van der Waals surface area (Å²) in [6.07, 6.45) is 5.53. The van der Waals surface area contributed by atoms with E-state index in [0.717, 1.165) is 31.5 Å². The Balaban J connectivity index is 2.00. The van der Waals surface area contributed by atoms with E-state index in [0.29, 0.717) is 6.04 Å². The van der Waals surface area contributed by atoms with Crippen molar-refractivity contribution < 1.29 is 4.74 Å². The van der Waals surface area contributed by atoms with Crippen molar-refractivity contribution in [3.05, 3.63) is 29.8 Å². The quantitative estimate of drug-likeness (QED) is 0.791. The molecule has 1 atom stereocenters. The first-order valence-electron chi connectivity index (χ1n) is 8.42. The maximum absolute atomic E-state index is 5.53. The first-order valence-corrected chi connectivity index (χ1v) is 8.42. The number of rotatable bonds is 8. The van der Waals surface area contributed by atoms with Crippen molar-refractivity contribution in [3.63, 3.8) is 0 Å². The van der Waals surface area contributed by atoms with Crippen molar-refractivity contribution in [2.24, 2.45) is 0 Å². The second-order valence-corrected chi connectivity index (χ2v) is 5.87. The highest BCUT2D eigenvalue weighted by Gasteiger charge is 2.23. The second kappa shape index (κ2) is 8.40. The highest BCUT2D eigenvalue weighted by Crippen LogP contribution is 2.26. The smallest absolute Gasteiger partial charge is 0.119 e. The molecular weight excluding hydrogens is 260 g/mol. The first kappa shape index (κ1) is 16.3. The molecule has 1 aromatic rings. The van der Waals surface area contributed by atoms with Crippen LogP contribution in [0.1, 0.15) is 51.1 Å². The lowest BCUT2D eigenvalue weighted by molar-refractivity contribution is 0.189. The Morgan fingerprint density at radius 3 is 2.38 bits per heavy atom. The molecule has 1 N–H and O–H groups in total. The number of hydrogen-bond donors (Lipinski definition) is 1. The molecule has 0 spiro atoms. The molecule has 1 saturated carbocycles. The van der Waals surface area contributed by atoms with Gasteiger partial charge in [0.15, 0.2) is 0 Å². The van der Waals surface area contributed by atoms with E-state index >= 15 is 0 Å². The molecule has 0 saturated heterocycles. The van der Waals surface area contributed by atoms with E-state index < -0.39 is 0 Å². The lowest BCUT2D eigenvalue weighted by Gasteiger charge is -2.31. The predicted molar refractivity (Wildman–Crippen MR) is 88.9 cm³/mol. The molecule has 2 rings (SSSR count). The van der Waals surface area contributed by atoms with Crippen LogP contribution in [0.4, 0.5) is 0 Å². The number of ether oxygens (including phenoxy) is 1. The monoisotopic (exact) mass is 290 g/mol. The Morgan fingerprint density at radius 2 is 1.86 bits per heavy atom. The minimum Gasteiger partial charge on any atom is -0.494 e. The van der Waals surface area contributed by atoms with Crippen molar-refractivity contribution in [2.45, 2.75) is 51.6 Å². The number of nitrogens with zero attached hydrogens (tertiary/aromatic N) is 1. The zero-order valence-electron chi connectivity index (χ0n) is 13.8. The van der Waals surface area contributed by atoms with E-state index in [-0.39, 0.29) is 0 Å². The third-order valence-electron chi connectivity index (χ3n) is 4.61. The van der Waals surface area contributed by atoms with Crippen molar-refractivity contribution in [1.82, 2.24) is 10.2 Å². The van der Waals surface area contributed by atoms with Crippen LogP contribution < -0.4 is 10.1 Å². The van der Waals surface area contributed by atoms with Crippen molar-refractivity contribution in [2.75, 3.05) is 26.7 Å². The summed E-state index contributed by atoms with van der Waals surface area (Å²) in [4.78, 5) is 2.64. The van der Waals surface area contributed by atoms with E-state index in [4.69, 9.17) is 4.74 Å². The van der Waals surface area contributed by atoms with Crippen LogP contribution in [-0.2, 0) is 0 Å². The van der Waals surface area contributed by atoms with E-state index in [1.54, 1.807) is 0 Å². The zero-order valence-corrected chi connectivity index (χ0v) is 13.8. The Hall–Kier alpha value is -1.06. The Morgan fingerprint density at radius 1 is 1.19 bits per heavy atom. The first-order chi connectivity index (χ1) is 10.3. The van der Waals surface area contributed by atoms with E-state index in [2.05, 4.69) is 48.5 Å². The molecule has 3 nitrogen and oxygen atoms in total. The molecule has 0 bridgehead atoms. The van der Waals surface area contributed by atoms with Crippen molar-refractivity contribution in [1.29, 1.82) is 0 Å². The fourth-order valence-electron chi connectivity index (χ4n) is 3.37. The Kier molecular flexibility index (Phi) is 6.52. The van der Waals surface area contributed by atoms with Crippen LogP contribution >= 0.6 is 0 Å². The average Bonchev–Trinajstić information content (AvgIpc) is 3.04. The van der Waals surface area contributed by atoms with Gasteiger partial charge < -0.3 is 10.1 Å². The number of hydrogen-bond acceptors (Lipinski definition) is 3. The van der Waals surface area contributed by atoms with Gasteiger partial charge in [0.05, 0.1) is 6.61 Å². The maximum Gasteiger partial charge on any atom is 0.119 e. The van der Waals surface area contributed by atoms with Crippen LogP contribution in [0.3, 0.4) is 0 Å². The molecule has 1 aromatic carbocycles. The standard InChI is InChI=1S/C18H30N2O/c1-4-20(16-8-6-7-9-16)14-18(19-3)15-10-12-17(13-11-15)21-5-2/h10-13,16,18-19H,4-9,14H2,1-3H3. The number of nitrogens with one attached hydrogen (secondary N) is 1. The molecule has 21 heavy (non-hydrogen) atoms. The van der Waals surface area contributed by atoms with Gasteiger partial charge in [-0.15, -0.1) is 0 Å². The van der Waals surface area contributed by atoms with E-state index in [1.807, 2.05) is 6.92 Å². The van der Waals surface area contributed by atoms with Gasteiger partial charge in [-0.05, 0) is 51.1 Å². The van der Waals surface area contributed by atoms with Gasteiger partial charge in [-0.1, -0.05) is 31.9 Å². The average molecular weight is 290 g/mol. The third-order valence-corrected chi connectivity index (χ3v) is 4.61. The molecule has 0 radical (unpaired) electrons. The van der Waals surface area contributed by atoms with Gasteiger partial charge >= 0.3 is 0 Å². The topological polar surface area (TPSA) is 24.5 Å². The fourth-order valence-corrected chi connectivity index (χ4v) is 3.37. The highest BCUT2D eigenvalue weighted by atomic mass is 16.5. The summed E-state index contributed by atoms with van der Waals surface area (Å²) in [7, 11) is 2.06. The van der Waals surface area contributed by atoms with Crippen LogP contribution in [-0.4, -0.2) is 37.7 Å². The second-order valence-electron chi connectivity index (χ2n) is 5.87. The summed E-state index contributed by atoms with van der Waals surface area (Å²) in [5.41, 5.74) is 1.34.